The Labute approximate surface area is 90.4 Å². The highest BCUT2D eigenvalue weighted by Gasteiger charge is 2.34. The number of nitrogens with one attached hydrogen (secondary N) is 1. The van der Waals surface area contributed by atoms with E-state index in [2.05, 4.69) is 15.2 Å². The van der Waals surface area contributed by atoms with Gasteiger partial charge in [0.15, 0.2) is 5.96 Å². The minimum absolute atomic E-state index is 0.406. The Balaban J connectivity index is 1.80. The van der Waals surface area contributed by atoms with Gasteiger partial charge in [0.05, 0.1) is 12.1 Å². The first kappa shape index (κ1) is 10.7. The maximum absolute atomic E-state index is 10.1. The summed E-state index contributed by atoms with van der Waals surface area (Å²) in [5.74, 6) is 0.473. The molecule has 1 aliphatic heterocycles. The summed E-state index contributed by atoms with van der Waals surface area (Å²) in [6, 6.07) is 0.523. The Morgan fingerprint density at radius 3 is 2.93 bits per heavy atom. The van der Waals surface area contributed by atoms with Crippen molar-refractivity contribution in [3.05, 3.63) is 0 Å². The average Bonchev–Trinajstić information content (AvgIpc) is 2.90. The summed E-state index contributed by atoms with van der Waals surface area (Å²) < 4.78 is 0. The summed E-state index contributed by atoms with van der Waals surface area (Å²) >= 11 is 0. The van der Waals surface area contributed by atoms with Crippen molar-refractivity contribution in [2.24, 2.45) is 10.7 Å². The topological polar surface area (TPSA) is 73.9 Å². The minimum atomic E-state index is -0.676. The molecule has 0 spiro atoms. The lowest BCUT2D eigenvalue weighted by Crippen LogP contribution is -2.39. The minimum Gasteiger partial charge on any atom is -0.387 e. The summed E-state index contributed by atoms with van der Waals surface area (Å²) in [7, 11) is 2.01. The molecule has 1 saturated carbocycles. The third-order valence-corrected chi connectivity index (χ3v) is 3.00. The van der Waals surface area contributed by atoms with Crippen molar-refractivity contribution in [1.82, 2.24) is 10.2 Å². The van der Waals surface area contributed by atoms with E-state index >= 15 is 0 Å². The second-order valence-electron chi connectivity index (χ2n) is 4.83. The van der Waals surface area contributed by atoms with Crippen LogP contribution in [0.5, 0.6) is 0 Å². The average molecular weight is 212 g/mol. The molecule has 5 heteroatoms. The molecule has 0 aromatic carbocycles. The van der Waals surface area contributed by atoms with Gasteiger partial charge in [-0.1, -0.05) is 0 Å². The third-order valence-electron chi connectivity index (χ3n) is 3.00. The van der Waals surface area contributed by atoms with E-state index in [1.807, 2.05) is 7.05 Å². The van der Waals surface area contributed by atoms with Gasteiger partial charge in [-0.15, -0.1) is 0 Å². The van der Waals surface area contributed by atoms with Crippen molar-refractivity contribution in [2.45, 2.75) is 30.9 Å². The molecule has 1 unspecified atom stereocenters. The number of hydrogen-bond donors (Lipinski definition) is 3. The van der Waals surface area contributed by atoms with E-state index in [9.17, 15) is 5.11 Å². The van der Waals surface area contributed by atoms with Crippen molar-refractivity contribution in [3.63, 3.8) is 0 Å². The first-order valence-corrected chi connectivity index (χ1v) is 5.55. The van der Waals surface area contributed by atoms with Gasteiger partial charge in [0, 0.05) is 19.1 Å². The second kappa shape index (κ2) is 3.98. The number of nitrogens with zero attached hydrogens (tertiary/aromatic N) is 2. The van der Waals surface area contributed by atoms with Gasteiger partial charge in [0.2, 0.25) is 0 Å². The van der Waals surface area contributed by atoms with Crippen LogP contribution in [0, 0.1) is 0 Å². The molecule has 2 aliphatic rings. The smallest absolute Gasteiger partial charge is 0.188 e. The van der Waals surface area contributed by atoms with Crippen LogP contribution in [0.15, 0.2) is 4.99 Å². The normalized spacial score (nSPS) is 33.3. The fraction of sp³-hybridized carbons (Fsp3) is 0.900. The van der Waals surface area contributed by atoms with E-state index in [1.165, 1.54) is 12.8 Å². The molecule has 0 aromatic heterocycles. The Kier molecular flexibility index (Phi) is 2.84. The molecule has 5 nitrogen and oxygen atoms in total. The molecule has 1 saturated heterocycles. The molecule has 0 amide bonds. The predicted octanol–water partition coefficient (Wildman–Crippen LogP) is -0.880. The van der Waals surface area contributed by atoms with Gasteiger partial charge >= 0.3 is 0 Å². The Morgan fingerprint density at radius 1 is 1.67 bits per heavy atom. The van der Waals surface area contributed by atoms with Gasteiger partial charge < -0.3 is 21.1 Å². The third kappa shape index (κ3) is 3.07. The molecule has 1 atom stereocenters. The van der Waals surface area contributed by atoms with E-state index in [1.54, 1.807) is 0 Å². The van der Waals surface area contributed by atoms with Crippen molar-refractivity contribution < 1.29 is 5.11 Å². The predicted molar refractivity (Wildman–Crippen MR) is 59.7 cm³/mol. The number of aliphatic imine (C=N–C) groups is 1. The summed E-state index contributed by atoms with van der Waals surface area (Å²) in [4.78, 5) is 6.31. The van der Waals surface area contributed by atoms with Crippen LogP contribution in [-0.4, -0.2) is 54.3 Å². The zero-order valence-corrected chi connectivity index (χ0v) is 9.24. The quantitative estimate of drug-likeness (QED) is 0.419. The van der Waals surface area contributed by atoms with Gasteiger partial charge in [-0.2, -0.15) is 0 Å². The van der Waals surface area contributed by atoms with Crippen LogP contribution < -0.4 is 11.1 Å². The zero-order valence-electron chi connectivity index (χ0n) is 9.24. The number of nitrogens with two attached hydrogens (primary N) is 1. The van der Waals surface area contributed by atoms with Gasteiger partial charge in [0.1, 0.15) is 0 Å². The van der Waals surface area contributed by atoms with E-state index in [0.29, 0.717) is 25.1 Å². The first-order chi connectivity index (χ1) is 7.07. The SMILES string of the molecule is CN1CCC(O)(CN=C(N)NC2CC2)C1. The maximum Gasteiger partial charge on any atom is 0.188 e. The molecule has 2 fully saturated rings. The number of guanidine groups is 1. The van der Waals surface area contributed by atoms with Crippen LogP contribution in [0.25, 0.3) is 0 Å². The highest BCUT2D eigenvalue weighted by atomic mass is 16.3. The molecule has 0 bridgehead atoms. The number of aliphatic hydroxyl groups is 1. The zero-order chi connectivity index (χ0) is 10.9. The number of rotatable bonds is 3. The Bertz CT molecular complexity index is 264. The Hall–Kier alpha value is -0.810. The standard InChI is InChI=1S/C10H20N4O/c1-14-5-4-10(15,7-14)6-12-9(11)13-8-2-3-8/h8,15H,2-7H2,1H3,(H3,11,12,13). The fourth-order valence-corrected chi connectivity index (χ4v) is 1.90. The maximum atomic E-state index is 10.1. The number of likely N-dealkylation sites (tertiary alicyclic amines) is 1. The van der Waals surface area contributed by atoms with E-state index in [4.69, 9.17) is 5.73 Å². The van der Waals surface area contributed by atoms with Crippen molar-refractivity contribution in [1.29, 1.82) is 0 Å². The molecule has 86 valence electrons. The molecule has 0 radical (unpaired) electrons. The molecular weight excluding hydrogens is 192 g/mol. The van der Waals surface area contributed by atoms with Gasteiger partial charge in [-0.25, -0.2) is 0 Å². The van der Waals surface area contributed by atoms with E-state index < -0.39 is 5.60 Å². The molecule has 1 heterocycles. The van der Waals surface area contributed by atoms with Crippen LogP contribution in [0.4, 0.5) is 0 Å². The van der Waals surface area contributed by atoms with Crippen LogP contribution in [0.1, 0.15) is 19.3 Å². The summed E-state index contributed by atoms with van der Waals surface area (Å²) in [5.41, 5.74) is 5.02. The molecule has 2 rings (SSSR count). The highest BCUT2D eigenvalue weighted by Crippen LogP contribution is 2.20. The van der Waals surface area contributed by atoms with Crippen LogP contribution >= 0.6 is 0 Å². The number of β-amino-alcohol motifs (C(OH)–C–C–N with tert-alkyl or cyclic N) is 1. The fourth-order valence-electron chi connectivity index (χ4n) is 1.90. The van der Waals surface area contributed by atoms with Gasteiger partial charge in [-0.3, -0.25) is 4.99 Å². The summed E-state index contributed by atoms with van der Waals surface area (Å²) in [6.45, 7) is 2.03. The monoisotopic (exact) mass is 212 g/mol. The van der Waals surface area contributed by atoms with Gasteiger partial charge in [0.25, 0.3) is 0 Å². The summed E-state index contributed by atoms with van der Waals surface area (Å²) in [5, 5.41) is 13.2. The molecule has 1 aliphatic carbocycles. The number of likely N-dealkylation sites (N-methyl/N-ethyl adjacent to an activating group) is 1. The molecule has 15 heavy (non-hydrogen) atoms. The van der Waals surface area contributed by atoms with Crippen molar-refractivity contribution >= 4 is 5.96 Å². The van der Waals surface area contributed by atoms with Crippen LogP contribution in [0.3, 0.4) is 0 Å². The van der Waals surface area contributed by atoms with E-state index in [-0.39, 0.29) is 0 Å². The highest BCUT2D eigenvalue weighted by molar-refractivity contribution is 5.78. The first-order valence-electron chi connectivity index (χ1n) is 5.55. The lowest BCUT2D eigenvalue weighted by atomic mass is 10.0. The molecular formula is C10H20N4O. The largest absolute Gasteiger partial charge is 0.387 e. The lowest BCUT2D eigenvalue weighted by molar-refractivity contribution is 0.0614. The lowest BCUT2D eigenvalue weighted by Gasteiger charge is -2.20. The van der Waals surface area contributed by atoms with Crippen LogP contribution in [-0.2, 0) is 0 Å². The van der Waals surface area contributed by atoms with Crippen LogP contribution in [0.2, 0.25) is 0 Å². The second-order valence-corrected chi connectivity index (χ2v) is 4.83. The van der Waals surface area contributed by atoms with Gasteiger partial charge in [-0.05, 0) is 26.3 Å². The van der Waals surface area contributed by atoms with Crippen molar-refractivity contribution in [3.8, 4) is 0 Å². The number of hydrogen-bond acceptors (Lipinski definition) is 3. The summed E-state index contributed by atoms with van der Waals surface area (Å²) in [6.07, 6.45) is 3.15. The molecule has 4 N–H and O–H groups in total. The van der Waals surface area contributed by atoms with Crippen molar-refractivity contribution in [2.75, 3.05) is 26.7 Å². The molecule has 0 aromatic rings. The van der Waals surface area contributed by atoms with E-state index in [0.717, 1.165) is 13.0 Å². The Morgan fingerprint density at radius 2 is 2.40 bits per heavy atom.